The first kappa shape index (κ1) is 13.9. The van der Waals surface area contributed by atoms with Gasteiger partial charge in [0.25, 0.3) is 0 Å². The van der Waals surface area contributed by atoms with Crippen LogP contribution in [0.4, 0.5) is 22.0 Å². The fourth-order valence-electron chi connectivity index (χ4n) is 1.14. The third kappa shape index (κ3) is 2.57. The fraction of sp³-hybridized carbons (Fsp3) is 0.300. The van der Waals surface area contributed by atoms with Gasteiger partial charge in [0.15, 0.2) is 0 Å². The predicted octanol–water partition coefficient (Wildman–Crippen LogP) is 4.03. The van der Waals surface area contributed by atoms with Gasteiger partial charge in [-0.05, 0) is 24.6 Å². The zero-order valence-electron chi connectivity index (χ0n) is 8.41. The van der Waals surface area contributed by atoms with E-state index in [1.54, 1.807) is 0 Å². The zero-order chi connectivity index (χ0) is 13.4. The maximum atomic E-state index is 12.8. The normalized spacial score (nSPS) is 12.6. The molecule has 7 heteroatoms. The van der Waals surface area contributed by atoms with Crippen LogP contribution >= 0.6 is 11.6 Å². The first-order valence-electron chi connectivity index (χ1n) is 4.33. The Morgan fingerprint density at radius 2 is 1.71 bits per heavy atom. The van der Waals surface area contributed by atoms with E-state index in [1.165, 1.54) is 19.1 Å². The molecule has 0 saturated carbocycles. The number of carbonyl (C=O) groups is 1. The number of ketones is 1. The second-order valence-corrected chi connectivity index (χ2v) is 3.80. The Morgan fingerprint density at radius 3 is 2.18 bits per heavy atom. The molecule has 0 spiro atoms. The van der Waals surface area contributed by atoms with Crippen LogP contribution in [0, 0.1) is 6.92 Å². The molecule has 0 bridgehead atoms. The molecule has 94 valence electrons. The minimum Gasteiger partial charge on any atom is -0.287 e. The van der Waals surface area contributed by atoms with E-state index in [9.17, 15) is 26.7 Å². The van der Waals surface area contributed by atoms with Crippen molar-refractivity contribution in [1.29, 1.82) is 0 Å². The first-order chi connectivity index (χ1) is 7.57. The second-order valence-electron chi connectivity index (χ2n) is 3.36. The van der Waals surface area contributed by atoms with E-state index in [1.807, 2.05) is 0 Å². The molecule has 0 saturated heterocycles. The Kier molecular flexibility index (Phi) is 3.47. The third-order valence-electron chi connectivity index (χ3n) is 2.09. The number of Topliss-reactive ketones (excluding diaryl/α,β-unsaturated/α-hetero) is 1. The van der Waals surface area contributed by atoms with Gasteiger partial charge in [-0.15, -0.1) is 0 Å². The lowest BCUT2D eigenvalue weighted by Gasteiger charge is -2.19. The van der Waals surface area contributed by atoms with Crippen molar-refractivity contribution in [3.63, 3.8) is 0 Å². The van der Waals surface area contributed by atoms with Gasteiger partial charge in [0.1, 0.15) is 0 Å². The number of hydrogen-bond donors (Lipinski definition) is 0. The highest BCUT2D eigenvalue weighted by Crippen LogP contribution is 2.38. The van der Waals surface area contributed by atoms with Crippen LogP contribution in [0.25, 0.3) is 0 Å². The van der Waals surface area contributed by atoms with Gasteiger partial charge in [-0.3, -0.25) is 4.79 Å². The van der Waals surface area contributed by atoms with Crippen LogP contribution in [-0.4, -0.2) is 17.9 Å². The van der Waals surface area contributed by atoms with Crippen LogP contribution in [0.5, 0.6) is 0 Å². The minimum atomic E-state index is -5.92. The van der Waals surface area contributed by atoms with Gasteiger partial charge in [-0.2, -0.15) is 22.0 Å². The number of rotatable bonds is 2. The standard InChI is InChI=1S/C10H6ClF5O/c1-5-2-3-6(11)4-7(5)8(17)9(12,13)10(14,15)16/h2-4H,1H3. The van der Waals surface area contributed by atoms with Gasteiger partial charge in [0.05, 0.1) is 0 Å². The van der Waals surface area contributed by atoms with Crippen molar-refractivity contribution in [3.8, 4) is 0 Å². The summed E-state index contributed by atoms with van der Waals surface area (Å²) in [4.78, 5) is 11.2. The van der Waals surface area contributed by atoms with E-state index in [0.717, 1.165) is 6.07 Å². The Labute approximate surface area is 98.2 Å². The molecule has 0 atom stereocenters. The maximum Gasteiger partial charge on any atom is 0.461 e. The summed E-state index contributed by atoms with van der Waals surface area (Å²) in [6, 6.07) is 3.28. The molecule has 1 nitrogen and oxygen atoms in total. The molecule has 0 aliphatic rings. The molecule has 1 aromatic rings. The highest BCUT2D eigenvalue weighted by molar-refractivity contribution is 6.31. The molecule has 0 aliphatic carbocycles. The van der Waals surface area contributed by atoms with Gasteiger partial charge in [0.2, 0.25) is 5.78 Å². The van der Waals surface area contributed by atoms with Gasteiger partial charge in [-0.1, -0.05) is 17.7 Å². The van der Waals surface area contributed by atoms with Crippen molar-refractivity contribution < 1.29 is 26.7 Å². The van der Waals surface area contributed by atoms with Crippen molar-refractivity contribution in [2.45, 2.75) is 19.0 Å². The fourth-order valence-corrected chi connectivity index (χ4v) is 1.31. The van der Waals surface area contributed by atoms with Crippen molar-refractivity contribution in [3.05, 3.63) is 34.3 Å². The molecule has 0 N–H and O–H groups in total. The molecule has 0 heterocycles. The average molecular weight is 273 g/mol. The van der Waals surface area contributed by atoms with Crippen LogP contribution in [0.1, 0.15) is 15.9 Å². The van der Waals surface area contributed by atoms with Gasteiger partial charge in [0, 0.05) is 10.6 Å². The van der Waals surface area contributed by atoms with Crippen molar-refractivity contribution in [1.82, 2.24) is 0 Å². The average Bonchev–Trinajstić information content (AvgIpc) is 2.19. The summed E-state index contributed by atoms with van der Waals surface area (Å²) in [6.07, 6.45) is -5.92. The number of alkyl halides is 5. The first-order valence-corrected chi connectivity index (χ1v) is 4.70. The predicted molar refractivity (Wildman–Crippen MR) is 51.5 cm³/mol. The highest BCUT2D eigenvalue weighted by atomic mass is 35.5. The Balaban J connectivity index is 3.26. The van der Waals surface area contributed by atoms with Gasteiger partial charge >= 0.3 is 12.1 Å². The van der Waals surface area contributed by atoms with Crippen molar-refractivity contribution in [2.75, 3.05) is 0 Å². The van der Waals surface area contributed by atoms with Crippen LogP contribution in [0.2, 0.25) is 5.02 Å². The lowest BCUT2D eigenvalue weighted by atomic mass is 10.0. The Bertz CT molecular complexity index is 452. The van der Waals surface area contributed by atoms with E-state index < -0.39 is 23.4 Å². The molecular weight excluding hydrogens is 267 g/mol. The highest BCUT2D eigenvalue weighted by Gasteiger charge is 2.63. The maximum absolute atomic E-state index is 12.8. The molecule has 0 radical (unpaired) electrons. The van der Waals surface area contributed by atoms with E-state index in [4.69, 9.17) is 11.6 Å². The minimum absolute atomic E-state index is 0.00308. The number of carbonyl (C=O) groups excluding carboxylic acids is 1. The van der Waals surface area contributed by atoms with Crippen LogP contribution < -0.4 is 0 Å². The van der Waals surface area contributed by atoms with Crippen LogP contribution in [0.15, 0.2) is 18.2 Å². The molecule has 0 aliphatic heterocycles. The monoisotopic (exact) mass is 272 g/mol. The van der Waals surface area contributed by atoms with Gasteiger partial charge in [-0.25, -0.2) is 0 Å². The molecule has 1 aromatic carbocycles. The molecule has 1 rings (SSSR count). The van der Waals surface area contributed by atoms with Crippen LogP contribution in [0.3, 0.4) is 0 Å². The second kappa shape index (κ2) is 4.25. The summed E-state index contributed by atoms with van der Waals surface area (Å²) in [5, 5.41) is -0.0862. The summed E-state index contributed by atoms with van der Waals surface area (Å²) in [5.41, 5.74) is -0.733. The lowest BCUT2D eigenvalue weighted by Crippen LogP contribution is -2.44. The zero-order valence-corrected chi connectivity index (χ0v) is 9.16. The largest absolute Gasteiger partial charge is 0.461 e. The Morgan fingerprint density at radius 1 is 1.18 bits per heavy atom. The van der Waals surface area contributed by atoms with Crippen molar-refractivity contribution in [2.24, 2.45) is 0 Å². The quantitative estimate of drug-likeness (QED) is 0.587. The van der Waals surface area contributed by atoms with E-state index in [2.05, 4.69) is 0 Å². The number of halogens is 6. The molecule has 0 unspecified atom stereocenters. The molecular formula is C10H6ClF5O. The molecule has 17 heavy (non-hydrogen) atoms. The summed E-state index contributed by atoms with van der Waals surface area (Å²) in [6.45, 7) is 1.25. The summed E-state index contributed by atoms with van der Waals surface area (Å²) < 4.78 is 61.6. The third-order valence-corrected chi connectivity index (χ3v) is 2.32. The van der Waals surface area contributed by atoms with Crippen LogP contribution in [-0.2, 0) is 0 Å². The van der Waals surface area contributed by atoms with E-state index in [0.29, 0.717) is 0 Å². The van der Waals surface area contributed by atoms with Gasteiger partial charge < -0.3 is 0 Å². The SMILES string of the molecule is Cc1ccc(Cl)cc1C(=O)C(F)(F)C(F)(F)F. The summed E-state index contributed by atoms with van der Waals surface area (Å²) >= 11 is 5.45. The lowest BCUT2D eigenvalue weighted by molar-refractivity contribution is -0.255. The topological polar surface area (TPSA) is 17.1 Å². The molecule has 0 fully saturated rings. The molecule has 0 amide bonds. The number of benzene rings is 1. The Hall–Kier alpha value is -1.17. The smallest absolute Gasteiger partial charge is 0.287 e. The van der Waals surface area contributed by atoms with Crippen molar-refractivity contribution >= 4 is 17.4 Å². The van der Waals surface area contributed by atoms with E-state index in [-0.39, 0.29) is 10.6 Å². The summed E-state index contributed by atoms with van der Waals surface area (Å²) in [7, 11) is 0. The molecule has 0 aromatic heterocycles. The number of aryl methyl sites for hydroxylation is 1. The summed E-state index contributed by atoms with van der Waals surface area (Å²) in [5.74, 6) is -7.72. The van der Waals surface area contributed by atoms with E-state index >= 15 is 0 Å². The number of hydrogen-bond acceptors (Lipinski definition) is 1.